The Morgan fingerprint density at radius 2 is 2.04 bits per heavy atom. The first kappa shape index (κ1) is 18.0. The Morgan fingerprint density at radius 1 is 1.27 bits per heavy atom. The lowest BCUT2D eigenvalue weighted by Crippen LogP contribution is -2.31. The average molecular weight is 380 g/mol. The van der Waals surface area contributed by atoms with Gasteiger partial charge in [0.2, 0.25) is 6.79 Å². The third-order valence-electron chi connectivity index (χ3n) is 3.78. The van der Waals surface area contributed by atoms with E-state index < -0.39 is 24.3 Å². The van der Waals surface area contributed by atoms with Gasteiger partial charge in [-0.1, -0.05) is 29.8 Å². The molecule has 0 aliphatic carbocycles. The minimum absolute atomic E-state index is 0.0207. The Hall–Kier alpha value is -2.80. The summed E-state index contributed by atoms with van der Waals surface area (Å²) in [6, 6.07) is 8.96. The van der Waals surface area contributed by atoms with Crippen molar-refractivity contribution < 1.29 is 28.2 Å². The van der Waals surface area contributed by atoms with Crippen LogP contribution in [0.5, 0.6) is 11.5 Å². The van der Waals surface area contributed by atoms with E-state index in [1.54, 1.807) is 18.2 Å². The van der Waals surface area contributed by atoms with Gasteiger partial charge in [0.1, 0.15) is 5.82 Å². The number of hydrogen-bond acceptors (Lipinski definition) is 5. The maximum atomic E-state index is 13.6. The van der Waals surface area contributed by atoms with Gasteiger partial charge in [-0.3, -0.25) is 4.79 Å². The van der Waals surface area contributed by atoms with Gasteiger partial charge >= 0.3 is 5.97 Å². The second kappa shape index (κ2) is 7.61. The van der Waals surface area contributed by atoms with Crippen LogP contribution in [0.2, 0.25) is 5.02 Å². The molecule has 2 aromatic rings. The van der Waals surface area contributed by atoms with E-state index in [9.17, 15) is 14.0 Å². The van der Waals surface area contributed by atoms with Crippen molar-refractivity contribution in [2.45, 2.75) is 6.54 Å². The third-order valence-corrected chi connectivity index (χ3v) is 4.06. The highest BCUT2D eigenvalue weighted by Gasteiger charge is 2.22. The minimum Gasteiger partial charge on any atom is -0.454 e. The fourth-order valence-corrected chi connectivity index (χ4v) is 2.64. The molecule has 0 bridgehead atoms. The molecular formula is C18H15ClFNO5. The molecule has 3 rings (SSSR count). The van der Waals surface area contributed by atoms with Crippen LogP contribution in [0.25, 0.3) is 0 Å². The molecule has 26 heavy (non-hydrogen) atoms. The van der Waals surface area contributed by atoms with E-state index >= 15 is 0 Å². The predicted molar refractivity (Wildman–Crippen MR) is 90.7 cm³/mol. The molecule has 0 spiro atoms. The number of carbonyl (C=O) groups is 2. The lowest BCUT2D eigenvalue weighted by molar-refractivity contribution is -0.133. The standard InChI is InChI=1S/C18H15ClFNO5/c1-21(8-11-4-2-3-5-14(11)20)16(22)9-24-18(23)12-6-13(19)17-15(7-12)25-10-26-17/h2-7H,8-10H2,1H3. The molecule has 136 valence electrons. The summed E-state index contributed by atoms with van der Waals surface area (Å²) in [5, 5.41) is 0.218. The van der Waals surface area contributed by atoms with Crippen molar-refractivity contribution in [3.05, 3.63) is 58.4 Å². The maximum Gasteiger partial charge on any atom is 0.338 e. The zero-order valence-electron chi connectivity index (χ0n) is 13.8. The summed E-state index contributed by atoms with van der Waals surface area (Å²) in [6.07, 6.45) is 0. The van der Waals surface area contributed by atoms with Gasteiger partial charge in [-0.25, -0.2) is 9.18 Å². The van der Waals surface area contributed by atoms with Crippen LogP contribution in [0.1, 0.15) is 15.9 Å². The Bertz CT molecular complexity index is 857. The number of rotatable bonds is 5. The van der Waals surface area contributed by atoms with Crippen molar-refractivity contribution in [1.82, 2.24) is 4.90 Å². The number of ether oxygens (including phenoxy) is 3. The largest absolute Gasteiger partial charge is 0.454 e. The summed E-state index contributed by atoms with van der Waals surface area (Å²) < 4.78 is 29.0. The van der Waals surface area contributed by atoms with Crippen LogP contribution >= 0.6 is 11.6 Å². The zero-order chi connectivity index (χ0) is 18.7. The van der Waals surface area contributed by atoms with E-state index in [4.69, 9.17) is 25.8 Å². The minimum atomic E-state index is -0.724. The Kier molecular flexibility index (Phi) is 5.27. The summed E-state index contributed by atoms with van der Waals surface area (Å²) in [5.74, 6) is -0.887. The number of nitrogens with zero attached hydrogens (tertiary/aromatic N) is 1. The highest BCUT2D eigenvalue weighted by Crippen LogP contribution is 2.39. The van der Waals surface area contributed by atoms with Crippen LogP contribution in [0, 0.1) is 5.82 Å². The Labute approximate surface area is 154 Å². The quantitative estimate of drug-likeness (QED) is 0.747. The van der Waals surface area contributed by atoms with E-state index in [1.807, 2.05) is 0 Å². The molecular weight excluding hydrogens is 365 g/mol. The summed E-state index contributed by atoms with van der Waals surface area (Å²) in [5.41, 5.74) is 0.515. The molecule has 1 heterocycles. The van der Waals surface area contributed by atoms with Gasteiger partial charge in [-0.05, 0) is 18.2 Å². The summed E-state index contributed by atoms with van der Waals surface area (Å²) in [4.78, 5) is 25.5. The van der Waals surface area contributed by atoms with Crippen molar-refractivity contribution in [3.8, 4) is 11.5 Å². The van der Waals surface area contributed by atoms with E-state index in [0.29, 0.717) is 17.1 Å². The number of hydrogen-bond donors (Lipinski definition) is 0. The number of benzene rings is 2. The second-order valence-electron chi connectivity index (χ2n) is 5.61. The fraction of sp³-hybridized carbons (Fsp3) is 0.222. The van der Waals surface area contributed by atoms with Crippen LogP contribution in [0.15, 0.2) is 36.4 Å². The van der Waals surface area contributed by atoms with Gasteiger partial charge in [0.05, 0.1) is 10.6 Å². The number of esters is 1. The van der Waals surface area contributed by atoms with Gasteiger partial charge < -0.3 is 19.1 Å². The SMILES string of the molecule is CN(Cc1ccccc1F)C(=O)COC(=O)c1cc(Cl)c2c(c1)OCO2. The molecule has 0 fully saturated rings. The van der Waals surface area contributed by atoms with Gasteiger partial charge in [0, 0.05) is 19.2 Å². The number of halogens is 2. The molecule has 1 amide bonds. The number of carbonyl (C=O) groups excluding carboxylic acids is 2. The summed E-state index contributed by atoms with van der Waals surface area (Å²) in [7, 11) is 1.50. The first-order chi connectivity index (χ1) is 12.5. The van der Waals surface area contributed by atoms with E-state index in [2.05, 4.69) is 0 Å². The summed E-state index contributed by atoms with van der Waals surface area (Å²) >= 11 is 6.01. The molecule has 1 aliphatic rings. The molecule has 1 aliphatic heterocycles. The Morgan fingerprint density at radius 3 is 2.81 bits per heavy atom. The van der Waals surface area contributed by atoms with Crippen LogP contribution in [0.3, 0.4) is 0 Å². The van der Waals surface area contributed by atoms with Crippen LogP contribution in [0.4, 0.5) is 4.39 Å². The lowest BCUT2D eigenvalue weighted by atomic mass is 10.2. The highest BCUT2D eigenvalue weighted by molar-refractivity contribution is 6.32. The van der Waals surface area contributed by atoms with Crippen LogP contribution in [-0.4, -0.2) is 37.2 Å². The topological polar surface area (TPSA) is 65.1 Å². The van der Waals surface area contributed by atoms with E-state index in [-0.39, 0.29) is 23.9 Å². The van der Waals surface area contributed by atoms with Crippen molar-refractivity contribution >= 4 is 23.5 Å². The smallest absolute Gasteiger partial charge is 0.338 e. The predicted octanol–water partition coefficient (Wildman–Crippen LogP) is 3.02. The number of likely N-dealkylation sites (N-methyl/N-ethyl adjacent to an activating group) is 1. The number of amides is 1. The van der Waals surface area contributed by atoms with E-state index in [0.717, 1.165) is 0 Å². The molecule has 0 atom stereocenters. The fourth-order valence-electron chi connectivity index (χ4n) is 2.38. The first-order valence-corrected chi connectivity index (χ1v) is 8.07. The number of fused-ring (bicyclic) bond motifs is 1. The molecule has 2 aromatic carbocycles. The lowest BCUT2D eigenvalue weighted by Gasteiger charge is -2.17. The van der Waals surface area contributed by atoms with Crippen LogP contribution < -0.4 is 9.47 Å². The molecule has 8 heteroatoms. The van der Waals surface area contributed by atoms with Gasteiger partial charge in [-0.2, -0.15) is 0 Å². The van der Waals surface area contributed by atoms with Gasteiger partial charge in [-0.15, -0.1) is 0 Å². The van der Waals surface area contributed by atoms with Crippen molar-refractivity contribution in [3.63, 3.8) is 0 Å². The molecule has 0 aromatic heterocycles. The Balaban J connectivity index is 1.58. The van der Waals surface area contributed by atoms with Gasteiger partial charge in [0.25, 0.3) is 5.91 Å². The van der Waals surface area contributed by atoms with Crippen molar-refractivity contribution in [2.75, 3.05) is 20.4 Å². The molecule has 6 nitrogen and oxygen atoms in total. The molecule has 0 N–H and O–H groups in total. The van der Waals surface area contributed by atoms with Crippen molar-refractivity contribution in [1.29, 1.82) is 0 Å². The summed E-state index contributed by atoms with van der Waals surface area (Å²) in [6.45, 7) is -0.387. The first-order valence-electron chi connectivity index (χ1n) is 7.69. The molecule has 0 saturated heterocycles. The average Bonchev–Trinajstić information content (AvgIpc) is 3.10. The maximum absolute atomic E-state index is 13.6. The third kappa shape index (κ3) is 3.88. The normalized spacial score (nSPS) is 12.0. The zero-order valence-corrected chi connectivity index (χ0v) is 14.6. The molecule has 0 radical (unpaired) electrons. The molecule has 0 unspecified atom stereocenters. The molecule has 0 saturated carbocycles. The highest BCUT2D eigenvalue weighted by atomic mass is 35.5. The van der Waals surface area contributed by atoms with Crippen LogP contribution in [-0.2, 0) is 16.1 Å². The second-order valence-corrected chi connectivity index (χ2v) is 6.02. The van der Waals surface area contributed by atoms with Crippen molar-refractivity contribution in [2.24, 2.45) is 0 Å². The monoisotopic (exact) mass is 379 g/mol. The van der Waals surface area contributed by atoms with Gasteiger partial charge in [0.15, 0.2) is 18.1 Å². The van der Waals surface area contributed by atoms with E-state index in [1.165, 1.54) is 30.1 Å².